The van der Waals surface area contributed by atoms with Gasteiger partial charge in [0.15, 0.2) is 6.23 Å². The van der Waals surface area contributed by atoms with Crippen LogP contribution in [0.15, 0.2) is 27.4 Å². The summed E-state index contributed by atoms with van der Waals surface area (Å²) in [4.78, 5) is 57.3. The molecule has 0 bridgehead atoms. The zero-order valence-corrected chi connectivity index (χ0v) is 23.4. The number of H-pyrrole nitrogens is 1. The monoisotopic (exact) mass is 659 g/mol. The van der Waals surface area contributed by atoms with Crippen LogP contribution in [0.2, 0.25) is 0 Å². The fourth-order valence-corrected chi connectivity index (χ4v) is 8.40. The first-order chi connectivity index (χ1) is 18.6. The number of aromatic amines is 1. The van der Waals surface area contributed by atoms with Gasteiger partial charge in [-0.15, -0.1) is 0 Å². The summed E-state index contributed by atoms with van der Waals surface area (Å²) in [7, 11) is -16.1. The lowest BCUT2D eigenvalue weighted by molar-refractivity contribution is -0.185. The van der Waals surface area contributed by atoms with E-state index < -0.39 is 96.6 Å². The van der Waals surface area contributed by atoms with Crippen LogP contribution in [-0.4, -0.2) is 78.0 Å². The van der Waals surface area contributed by atoms with E-state index in [9.17, 15) is 61.2 Å². The Morgan fingerprint density at radius 3 is 2.24 bits per heavy atom. The summed E-state index contributed by atoms with van der Waals surface area (Å²) in [6.07, 6.45) is -10.9. The predicted octanol–water partition coefficient (Wildman–Crippen LogP) is 0.402. The highest BCUT2D eigenvalue weighted by molar-refractivity contribution is 7.74. The molecule has 2 aliphatic heterocycles. The number of ether oxygens (including phenoxy) is 1. The van der Waals surface area contributed by atoms with Crippen LogP contribution in [0.25, 0.3) is 0 Å². The number of halogens is 3. The Morgan fingerprint density at radius 2 is 1.71 bits per heavy atom. The Kier molecular flexibility index (Phi) is 9.77. The molecule has 1 aromatic heterocycles. The van der Waals surface area contributed by atoms with E-state index in [1.807, 2.05) is 0 Å². The van der Waals surface area contributed by atoms with Crippen LogP contribution in [0, 0.1) is 0 Å². The number of phosphoric acid groups is 3. The largest absolute Gasteiger partial charge is 0.492 e. The van der Waals surface area contributed by atoms with Gasteiger partial charge in [0.1, 0.15) is 18.3 Å². The third-order valence-corrected chi connectivity index (χ3v) is 10.6. The van der Waals surface area contributed by atoms with Crippen LogP contribution in [0.5, 0.6) is 0 Å². The van der Waals surface area contributed by atoms with Gasteiger partial charge in [-0.1, -0.05) is 11.6 Å². The van der Waals surface area contributed by atoms with Crippen molar-refractivity contribution < 1.29 is 73.9 Å². The molecule has 2 saturated heterocycles. The quantitative estimate of drug-likeness (QED) is 0.187. The normalized spacial score (nSPS) is 33.9. The van der Waals surface area contributed by atoms with Gasteiger partial charge in [-0.2, -0.15) is 26.1 Å². The van der Waals surface area contributed by atoms with Gasteiger partial charge in [0.2, 0.25) is 0 Å². The van der Waals surface area contributed by atoms with Crippen LogP contribution in [-0.2, 0) is 47.2 Å². The summed E-state index contributed by atoms with van der Waals surface area (Å²) in [6, 6.07) is 0. The highest BCUT2D eigenvalue weighted by Gasteiger charge is 2.55. The lowest BCUT2D eigenvalue weighted by atomic mass is 10.1. The molecule has 2 fully saturated rings. The van der Waals surface area contributed by atoms with Crippen molar-refractivity contribution in [2.75, 3.05) is 13.2 Å². The zero-order chi connectivity index (χ0) is 31.1. The summed E-state index contributed by atoms with van der Waals surface area (Å²) < 4.78 is 97.0. The van der Waals surface area contributed by atoms with Gasteiger partial charge in [-0.3, -0.25) is 23.7 Å². The predicted molar refractivity (Wildman–Crippen MR) is 125 cm³/mol. The molecule has 0 saturated carbocycles. The molecule has 18 nitrogen and oxygen atoms in total. The van der Waals surface area contributed by atoms with E-state index in [1.54, 1.807) is 18.8 Å². The number of carbonyl (C=O) groups excluding carboxylic acids is 1. The Bertz CT molecular complexity index is 1440. The van der Waals surface area contributed by atoms with Gasteiger partial charge in [-0.25, -0.2) is 18.5 Å². The fourth-order valence-electron chi connectivity index (χ4n) is 3.46. The van der Waals surface area contributed by atoms with Gasteiger partial charge in [0.25, 0.3) is 5.56 Å². The molecule has 3 heterocycles. The fraction of sp³-hybridized carbons (Fsp3) is 0.588. The van der Waals surface area contributed by atoms with Crippen LogP contribution in [0.4, 0.5) is 13.2 Å². The van der Waals surface area contributed by atoms with E-state index >= 15 is 0 Å². The van der Waals surface area contributed by atoms with Crippen molar-refractivity contribution in [2.45, 2.75) is 51.1 Å². The Labute approximate surface area is 226 Å². The minimum absolute atomic E-state index is 0.273. The van der Waals surface area contributed by atoms with Crippen molar-refractivity contribution in [1.29, 1.82) is 0 Å². The van der Waals surface area contributed by atoms with E-state index in [0.29, 0.717) is 16.3 Å². The van der Waals surface area contributed by atoms with Gasteiger partial charge in [-0.05, 0) is 13.8 Å². The van der Waals surface area contributed by atoms with Gasteiger partial charge >= 0.3 is 41.2 Å². The van der Waals surface area contributed by atoms with Crippen LogP contribution in [0.3, 0.4) is 0 Å². The summed E-state index contributed by atoms with van der Waals surface area (Å²) in [5.41, 5.74) is -2.44. The van der Waals surface area contributed by atoms with Crippen LogP contribution < -0.4 is 11.2 Å². The first kappa shape index (κ1) is 33.5. The molecule has 1 aromatic rings. The number of amides is 1. The summed E-state index contributed by atoms with van der Waals surface area (Å²) in [5.74, 6) is -2.29. The maximum Gasteiger partial charge on any atom is 0.492 e. The van der Waals surface area contributed by atoms with Gasteiger partial charge in [0.05, 0.1) is 18.7 Å². The first-order valence-electron chi connectivity index (χ1n) is 11.0. The molecule has 0 aromatic carbocycles. The number of aromatic nitrogens is 2. The number of rotatable bonds is 8. The van der Waals surface area contributed by atoms with E-state index in [4.69, 9.17) is 4.74 Å². The Morgan fingerprint density at radius 1 is 1.12 bits per heavy atom. The topological polar surface area (TPSA) is 253 Å². The third kappa shape index (κ3) is 8.31. The van der Waals surface area contributed by atoms with E-state index in [-0.39, 0.29) is 4.90 Å². The number of carbonyl (C=O) groups is 1. The molecule has 0 radical (unpaired) electrons. The highest BCUT2D eigenvalue weighted by Crippen LogP contribution is 2.80. The molecule has 3 rings (SSSR count). The highest BCUT2D eigenvalue weighted by atomic mass is 31.3. The number of aliphatic hydroxyl groups excluding tert-OH is 2. The molecule has 232 valence electrons. The van der Waals surface area contributed by atoms with Crippen molar-refractivity contribution in [2.24, 2.45) is 0 Å². The number of hydrogen-bond donors (Lipinski definition) is 5. The van der Waals surface area contributed by atoms with Crippen molar-refractivity contribution in [3.05, 3.63) is 44.2 Å². The van der Waals surface area contributed by atoms with Crippen LogP contribution >= 0.6 is 23.5 Å². The SMILES string of the molecule is CC(C)=CCN(Cc1cn([C@@H]2O[C@H](COP3(=O)OP(=O)(O)OP(=O)(O)O3)C(O)C2O)c(=O)[nH]c1=O)C(=O)C(F)(F)F. The lowest BCUT2D eigenvalue weighted by Gasteiger charge is -2.27. The summed E-state index contributed by atoms with van der Waals surface area (Å²) in [5, 5.41) is 20.8. The summed E-state index contributed by atoms with van der Waals surface area (Å²) in [6.45, 7) is 0.479. The minimum atomic E-state index is -5.40. The molecule has 4 unspecified atom stereocenters. The average Bonchev–Trinajstić information content (AvgIpc) is 3.06. The molecule has 1 amide bonds. The molecule has 24 heteroatoms. The third-order valence-electron chi connectivity index (χ3n) is 5.27. The molecule has 0 spiro atoms. The second kappa shape index (κ2) is 11.9. The zero-order valence-electron chi connectivity index (χ0n) is 20.7. The van der Waals surface area contributed by atoms with Gasteiger partial charge in [0, 0.05) is 12.7 Å². The number of aliphatic hydroxyl groups is 2. The van der Waals surface area contributed by atoms with E-state index in [1.165, 1.54) is 6.08 Å². The van der Waals surface area contributed by atoms with Crippen LogP contribution in [0.1, 0.15) is 25.6 Å². The maximum atomic E-state index is 13.1. The first-order valence-corrected chi connectivity index (χ1v) is 15.5. The Balaban J connectivity index is 1.84. The molecule has 41 heavy (non-hydrogen) atoms. The van der Waals surface area contributed by atoms with E-state index in [0.717, 1.165) is 0 Å². The van der Waals surface area contributed by atoms with Crippen molar-refractivity contribution in [1.82, 2.24) is 14.5 Å². The maximum absolute atomic E-state index is 13.1. The lowest BCUT2D eigenvalue weighted by Crippen LogP contribution is -2.43. The standard InChI is InChI=1S/C17H23F3N3O15P3/c1-8(2)3-4-22(15(27)17(18,19)20)5-9-6-23(16(28)21-13(9)26)14-12(25)11(24)10(35-14)7-34-41(33)37-39(29,30)36-40(31,32)38-41/h3,6,10-12,14,24-25H,4-5,7H2,1-2H3,(H,29,30)(H,31,32)(H,21,26,28)/t10-,11?,12?,14-/m1/s1. The van der Waals surface area contributed by atoms with Crippen molar-refractivity contribution in [3.63, 3.8) is 0 Å². The smallest absolute Gasteiger partial charge is 0.387 e. The molecule has 5 N–H and O–H groups in total. The molecular formula is C17H23F3N3O15P3. The van der Waals surface area contributed by atoms with Gasteiger partial charge < -0.3 is 29.6 Å². The Hall–Kier alpha value is -1.99. The average molecular weight is 659 g/mol. The second-order valence-electron chi connectivity index (χ2n) is 8.76. The number of nitrogens with zero attached hydrogens (tertiary/aromatic N) is 2. The number of alkyl halides is 3. The molecule has 6 atom stereocenters. The number of nitrogens with one attached hydrogen (secondary N) is 1. The molecule has 2 aliphatic rings. The minimum Gasteiger partial charge on any atom is -0.387 e. The summed E-state index contributed by atoms with van der Waals surface area (Å²) >= 11 is 0. The molecule has 0 aliphatic carbocycles. The molecular weight excluding hydrogens is 636 g/mol. The van der Waals surface area contributed by atoms with Crippen molar-refractivity contribution in [3.8, 4) is 0 Å². The van der Waals surface area contributed by atoms with Crippen molar-refractivity contribution >= 4 is 29.4 Å². The number of hydrogen-bond acceptors (Lipinski definition) is 13. The van der Waals surface area contributed by atoms with E-state index in [2.05, 4.69) is 17.5 Å². The second-order valence-corrected chi connectivity index (χ2v) is 13.7. The number of allylic oxidation sites excluding steroid dienone is 1.